The molecule has 1 N–H and O–H groups in total. The van der Waals surface area contributed by atoms with E-state index in [4.69, 9.17) is 0 Å². The molecule has 0 atom stereocenters. The monoisotopic (exact) mass is 263 g/mol. The number of nitrogens with one attached hydrogen (secondary N) is 1. The Hall–Kier alpha value is -2.09. The van der Waals surface area contributed by atoms with Crippen molar-refractivity contribution in [3.8, 4) is 0 Å². The van der Waals surface area contributed by atoms with E-state index in [0.717, 1.165) is 12.1 Å². The van der Waals surface area contributed by atoms with Crippen LogP contribution in [0.5, 0.6) is 0 Å². The normalized spacial score (nSPS) is 17.8. The van der Waals surface area contributed by atoms with Crippen LogP contribution >= 0.6 is 0 Å². The number of benzene rings is 2. The second-order valence-electron chi connectivity index (χ2n) is 5.97. The molecule has 20 heavy (non-hydrogen) atoms. The van der Waals surface area contributed by atoms with Crippen LogP contribution in [0.25, 0.3) is 0 Å². The third-order valence-corrected chi connectivity index (χ3v) is 4.70. The van der Waals surface area contributed by atoms with Crippen molar-refractivity contribution < 1.29 is 4.79 Å². The Kier molecular flexibility index (Phi) is 2.46. The fraction of sp³-hybridized carbons (Fsp3) is 0.278. The highest BCUT2D eigenvalue weighted by atomic mass is 16.1. The van der Waals surface area contributed by atoms with Gasteiger partial charge in [-0.15, -0.1) is 0 Å². The summed E-state index contributed by atoms with van der Waals surface area (Å²) in [6.45, 7) is 0. The number of aryl methyl sites for hydroxylation is 1. The minimum atomic E-state index is -0.0373. The van der Waals surface area contributed by atoms with Gasteiger partial charge in [-0.05, 0) is 66.5 Å². The summed E-state index contributed by atoms with van der Waals surface area (Å²) < 4.78 is 0. The molecule has 2 aromatic carbocycles. The van der Waals surface area contributed by atoms with Gasteiger partial charge in [-0.25, -0.2) is 0 Å². The maximum Gasteiger partial charge on any atom is 0.255 e. The molecule has 4 rings (SSSR count). The van der Waals surface area contributed by atoms with Gasteiger partial charge >= 0.3 is 0 Å². The number of carbonyl (C=O) groups is 1. The minimum absolute atomic E-state index is 0.0373. The highest BCUT2D eigenvalue weighted by Gasteiger charge is 2.48. The first kappa shape index (κ1) is 11.7. The average molecular weight is 263 g/mol. The number of carbonyl (C=O) groups excluding carboxylic acids is 1. The average Bonchev–Trinajstić information content (AvgIpc) is 3.18. The summed E-state index contributed by atoms with van der Waals surface area (Å²) in [5, 5.41) is 3.00. The van der Waals surface area contributed by atoms with E-state index in [1.807, 2.05) is 36.4 Å². The Morgan fingerprint density at radius 3 is 2.55 bits per heavy atom. The molecule has 2 heteroatoms. The second-order valence-corrected chi connectivity index (χ2v) is 5.97. The Bertz CT molecular complexity index is 671. The van der Waals surface area contributed by atoms with Crippen LogP contribution in [-0.4, -0.2) is 5.91 Å². The van der Waals surface area contributed by atoms with Crippen LogP contribution in [0.2, 0.25) is 0 Å². The van der Waals surface area contributed by atoms with E-state index in [9.17, 15) is 4.79 Å². The first-order chi connectivity index (χ1) is 9.77. The fourth-order valence-electron chi connectivity index (χ4n) is 3.37. The van der Waals surface area contributed by atoms with E-state index in [1.54, 1.807) is 0 Å². The first-order valence-electron chi connectivity index (χ1n) is 7.27. The molecule has 2 aromatic rings. The van der Waals surface area contributed by atoms with Crippen molar-refractivity contribution in [3.63, 3.8) is 0 Å². The summed E-state index contributed by atoms with van der Waals surface area (Å²) in [5.74, 6) is -0.0373. The minimum Gasteiger partial charge on any atom is -0.322 e. The molecule has 1 spiro atoms. The van der Waals surface area contributed by atoms with Crippen molar-refractivity contribution in [2.45, 2.75) is 31.1 Å². The molecule has 2 aliphatic rings. The van der Waals surface area contributed by atoms with Crippen LogP contribution in [-0.2, 0) is 11.8 Å². The van der Waals surface area contributed by atoms with E-state index in [2.05, 4.69) is 17.4 Å². The lowest BCUT2D eigenvalue weighted by Gasteiger charge is -2.10. The number of hydrogen-bond donors (Lipinski definition) is 1. The van der Waals surface area contributed by atoms with Crippen molar-refractivity contribution in [2.75, 3.05) is 5.32 Å². The van der Waals surface area contributed by atoms with Gasteiger partial charge in [0.1, 0.15) is 0 Å². The van der Waals surface area contributed by atoms with E-state index < -0.39 is 0 Å². The van der Waals surface area contributed by atoms with Crippen molar-refractivity contribution in [1.29, 1.82) is 0 Å². The molecule has 0 aliphatic heterocycles. The van der Waals surface area contributed by atoms with Gasteiger partial charge in [-0.2, -0.15) is 0 Å². The number of rotatable bonds is 2. The molecule has 0 unspecified atom stereocenters. The lowest BCUT2D eigenvalue weighted by atomic mass is 9.98. The van der Waals surface area contributed by atoms with Gasteiger partial charge < -0.3 is 5.32 Å². The van der Waals surface area contributed by atoms with Crippen LogP contribution in [0, 0.1) is 0 Å². The van der Waals surface area contributed by atoms with E-state index in [1.165, 1.54) is 30.4 Å². The molecule has 2 nitrogen and oxygen atoms in total. The van der Waals surface area contributed by atoms with Crippen LogP contribution in [0.3, 0.4) is 0 Å². The summed E-state index contributed by atoms with van der Waals surface area (Å²) in [4.78, 5) is 12.1. The van der Waals surface area contributed by atoms with E-state index in [-0.39, 0.29) is 5.91 Å². The van der Waals surface area contributed by atoms with Crippen molar-refractivity contribution in [3.05, 3.63) is 65.2 Å². The Labute approximate surface area is 118 Å². The molecule has 100 valence electrons. The summed E-state index contributed by atoms with van der Waals surface area (Å²) in [5.41, 5.74) is 5.07. The standard InChI is InChI=1S/C18H17NO/c20-17(13-4-2-1-3-5-13)19-15-6-7-16-14(12-15)8-9-18(16)10-11-18/h1-7,12H,8-11H2,(H,19,20). The predicted molar refractivity (Wildman–Crippen MR) is 80.1 cm³/mol. The molecule has 1 amide bonds. The van der Waals surface area contributed by atoms with Crippen LogP contribution in [0.4, 0.5) is 5.69 Å². The Balaban J connectivity index is 1.57. The summed E-state index contributed by atoms with van der Waals surface area (Å²) in [6, 6.07) is 15.8. The number of hydrogen-bond acceptors (Lipinski definition) is 1. The quantitative estimate of drug-likeness (QED) is 0.874. The smallest absolute Gasteiger partial charge is 0.255 e. The van der Waals surface area contributed by atoms with Crippen molar-refractivity contribution in [2.24, 2.45) is 0 Å². The summed E-state index contributed by atoms with van der Waals surface area (Å²) >= 11 is 0. The molecule has 0 saturated heterocycles. The third kappa shape index (κ3) is 1.83. The molecule has 0 aromatic heterocycles. The Morgan fingerprint density at radius 1 is 1.00 bits per heavy atom. The third-order valence-electron chi connectivity index (χ3n) is 4.70. The maximum absolute atomic E-state index is 12.1. The molecular weight excluding hydrogens is 246 g/mol. The van der Waals surface area contributed by atoms with Crippen molar-refractivity contribution in [1.82, 2.24) is 0 Å². The van der Waals surface area contributed by atoms with Crippen LogP contribution in [0.15, 0.2) is 48.5 Å². The lowest BCUT2D eigenvalue weighted by molar-refractivity contribution is 0.102. The molecular formula is C18H17NO. The van der Waals surface area contributed by atoms with E-state index in [0.29, 0.717) is 11.0 Å². The van der Waals surface area contributed by atoms with Gasteiger partial charge in [-0.3, -0.25) is 4.79 Å². The zero-order valence-corrected chi connectivity index (χ0v) is 11.4. The van der Waals surface area contributed by atoms with E-state index >= 15 is 0 Å². The Morgan fingerprint density at radius 2 is 1.80 bits per heavy atom. The van der Waals surface area contributed by atoms with Crippen molar-refractivity contribution >= 4 is 11.6 Å². The zero-order valence-electron chi connectivity index (χ0n) is 11.4. The first-order valence-corrected chi connectivity index (χ1v) is 7.27. The topological polar surface area (TPSA) is 29.1 Å². The SMILES string of the molecule is O=C(Nc1ccc2c(c1)CCC21CC1)c1ccccc1. The van der Waals surface area contributed by atoms with Gasteiger partial charge in [0.25, 0.3) is 5.91 Å². The highest BCUT2D eigenvalue weighted by molar-refractivity contribution is 6.04. The molecule has 0 heterocycles. The fourth-order valence-corrected chi connectivity index (χ4v) is 3.37. The lowest BCUT2D eigenvalue weighted by Crippen LogP contribution is -2.12. The van der Waals surface area contributed by atoms with Gasteiger partial charge in [-0.1, -0.05) is 24.3 Å². The summed E-state index contributed by atoms with van der Waals surface area (Å²) in [7, 11) is 0. The van der Waals surface area contributed by atoms with Gasteiger partial charge in [0.2, 0.25) is 0 Å². The summed E-state index contributed by atoms with van der Waals surface area (Å²) in [6.07, 6.45) is 5.13. The predicted octanol–water partition coefficient (Wildman–Crippen LogP) is 3.92. The molecule has 0 bridgehead atoms. The molecule has 0 radical (unpaired) electrons. The highest BCUT2D eigenvalue weighted by Crippen LogP contribution is 2.56. The number of fused-ring (bicyclic) bond motifs is 2. The molecule has 1 saturated carbocycles. The zero-order chi connectivity index (χ0) is 13.6. The number of amides is 1. The van der Waals surface area contributed by atoms with Crippen LogP contribution in [0.1, 0.15) is 40.7 Å². The maximum atomic E-state index is 12.1. The molecule has 1 fully saturated rings. The molecule has 2 aliphatic carbocycles. The van der Waals surface area contributed by atoms with Gasteiger partial charge in [0.05, 0.1) is 0 Å². The number of anilines is 1. The van der Waals surface area contributed by atoms with Gasteiger partial charge in [0, 0.05) is 11.3 Å². The second kappa shape index (κ2) is 4.20. The van der Waals surface area contributed by atoms with Gasteiger partial charge in [0.15, 0.2) is 0 Å². The van der Waals surface area contributed by atoms with Crippen LogP contribution < -0.4 is 5.32 Å². The largest absolute Gasteiger partial charge is 0.322 e.